The SMILES string of the molecule is CCCCCCCCCCCCCCCCCCC1N(CCCCCCCCCCCCC)C=CN1CCCCCCCCCCCCCCCCC. The van der Waals surface area contributed by atoms with E-state index in [1.807, 2.05) is 0 Å². The second-order valence-corrected chi connectivity index (χ2v) is 17.8. The van der Waals surface area contributed by atoms with E-state index < -0.39 is 0 Å². The lowest BCUT2D eigenvalue weighted by Gasteiger charge is -2.33. The van der Waals surface area contributed by atoms with Crippen molar-refractivity contribution in [3.8, 4) is 0 Å². The molecule has 0 aromatic rings. The standard InChI is InChI=1S/C51H102N2/c1-4-7-10-13-16-19-22-24-26-27-29-31-34-37-40-43-46-51-52(47-44-41-38-35-32-21-18-15-12-9-6-3)49-50-53(51)48-45-42-39-36-33-30-28-25-23-20-17-14-11-8-5-2/h49-51H,4-48H2,1-3H3. The summed E-state index contributed by atoms with van der Waals surface area (Å²) in [4.78, 5) is 5.48. The van der Waals surface area contributed by atoms with Gasteiger partial charge in [0.25, 0.3) is 0 Å². The van der Waals surface area contributed by atoms with E-state index in [9.17, 15) is 0 Å². The predicted molar refractivity (Wildman–Crippen MR) is 242 cm³/mol. The molecule has 0 N–H and O–H groups in total. The molecule has 1 aliphatic heterocycles. The van der Waals surface area contributed by atoms with E-state index in [2.05, 4.69) is 43.0 Å². The lowest BCUT2D eigenvalue weighted by atomic mass is 10.0. The van der Waals surface area contributed by atoms with Gasteiger partial charge in [-0.3, -0.25) is 0 Å². The van der Waals surface area contributed by atoms with E-state index in [1.165, 1.54) is 289 Å². The van der Waals surface area contributed by atoms with Gasteiger partial charge < -0.3 is 9.80 Å². The average molecular weight is 743 g/mol. The molecule has 316 valence electrons. The maximum Gasteiger partial charge on any atom is 0.101 e. The molecule has 1 aliphatic rings. The van der Waals surface area contributed by atoms with Crippen molar-refractivity contribution in [1.82, 2.24) is 9.80 Å². The fraction of sp³-hybridized carbons (Fsp3) is 0.961. The Hall–Kier alpha value is -0.660. The Kier molecular flexibility index (Phi) is 40.4. The molecule has 0 aliphatic carbocycles. The van der Waals surface area contributed by atoms with Crippen LogP contribution in [0.15, 0.2) is 12.4 Å². The lowest BCUT2D eigenvalue weighted by molar-refractivity contribution is 0.135. The van der Waals surface area contributed by atoms with Gasteiger partial charge in [-0.25, -0.2) is 0 Å². The van der Waals surface area contributed by atoms with Gasteiger partial charge in [0.05, 0.1) is 0 Å². The summed E-state index contributed by atoms with van der Waals surface area (Å²) in [6.45, 7) is 9.49. The molecule has 0 spiro atoms. The number of hydrogen-bond donors (Lipinski definition) is 0. The third kappa shape index (κ3) is 34.3. The van der Waals surface area contributed by atoms with Gasteiger partial charge in [-0.1, -0.05) is 271 Å². The molecule has 0 radical (unpaired) electrons. The zero-order valence-electron chi connectivity index (χ0n) is 37.4. The highest BCUT2D eigenvalue weighted by atomic mass is 15.4. The molecule has 53 heavy (non-hydrogen) atoms. The topological polar surface area (TPSA) is 6.48 Å². The van der Waals surface area contributed by atoms with Crippen LogP contribution in [-0.4, -0.2) is 29.1 Å². The predicted octanol–water partition coefficient (Wildman–Crippen LogP) is 18.2. The van der Waals surface area contributed by atoms with Crippen LogP contribution in [0.1, 0.15) is 297 Å². The zero-order valence-corrected chi connectivity index (χ0v) is 37.4. The Morgan fingerprint density at radius 1 is 0.245 bits per heavy atom. The summed E-state index contributed by atoms with van der Waals surface area (Å²) in [5.74, 6) is 0. The zero-order chi connectivity index (χ0) is 38.0. The molecule has 2 nitrogen and oxygen atoms in total. The normalized spacial score (nSPS) is 14.4. The van der Waals surface area contributed by atoms with Crippen LogP contribution in [0.25, 0.3) is 0 Å². The molecule has 1 unspecified atom stereocenters. The van der Waals surface area contributed by atoms with Crippen LogP contribution >= 0.6 is 0 Å². The minimum atomic E-state index is 0.636. The molecule has 1 rings (SSSR count). The smallest absolute Gasteiger partial charge is 0.101 e. The van der Waals surface area contributed by atoms with Crippen molar-refractivity contribution < 1.29 is 0 Å². The molecule has 0 saturated carbocycles. The van der Waals surface area contributed by atoms with Crippen LogP contribution in [0.2, 0.25) is 0 Å². The summed E-state index contributed by atoms with van der Waals surface area (Å²) < 4.78 is 0. The Morgan fingerprint density at radius 3 is 0.660 bits per heavy atom. The van der Waals surface area contributed by atoms with Crippen molar-refractivity contribution in [2.24, 2.45) is 0 Å². The molecule has 0 saturated heterocycles. The summed E-state index contributed by atoms with van der Waals surface area (Å²) in [5, 5.41) is 0. The highest BCUT2D eigenvalue weighted by molar-refractivity contribution is 4.97. The summed E-state index contributed by atoms with van der Waals surface area (Å²) in [7, 11) is 0. The van der Waals surface area contributed by atoms with Crippen LogP contribution in [0.5, 0.6) is 0 Å². The quantitative estimate of drug-likeness (QED) is 0.0573. The van der Waals surface area contributed by atoms with Crippen LogP contribution < -0.4 is 0 Å². The molecule has 0 bridgehead atoms. The first kappa shape index (κ1) is 50.4. The molecular weight excluding hydrogens is 641 g/mol. The van der Waals surface area contributed by atoms with E-state index in [0.29, 0.717) is 6.17 Å². The van der Waals surface area contributed by atoms with Gasteiger partial charge in [-0.15, -0.1) is 0 Å². The van der Waals surface area contributed by atoms with Crippen molar-refractivity contribution >= 4 is 0 Å². The van der Waals surface area contributed by atoms with Crippen molar-refractivity contribution in [1.29, 1.82) is 0 Å². The summed E-state index contributed by atoms with van der Waals surface area (Å²) in [5.41, 5.74) is 0. The minimum absolute atomic E-state index is 0.636. The summed E-state index contributed by atoms with van der Waals surface area (Å²) >= 11 is 0. The molecular formula is C51H102N2. The minimum Gasteiger partial charge on any atom is -0.356 e. The van der Waals surface area contributed by atoms with E-state index in [1.54, 1.807) is 0 Å². The number of hydrogen-bond acceptors (Lipinski definition) is 2. The highest BCUT2D eigenvalue weighted by Gasteiger charge is 2.25. The molecule has 0 aromatic carbocycles. The van der Waals surface area contributed by atoms with Gasteiger partial charge in [-0.05, 0) is 25.7 Å². The maximum atomic E-state index is 2.74. The van der Waals surface area contributed by atoms with Crippen molar-refractivity contribution in [2.45, 2.75) is 303 Å². The van der Waals surface area contributed by atoms with Gasteiger partial charge in [0.15, 0.2) is 0 Å². The third-order valence-corrected chi connectivity index (χ3v) is 12.6. The average Bonchev–Trinajstić information content (AvgIpc) is 3.55. The molecule has 2 heteroatoms. The Morgan fingerprint density at radius 2 is 0.434 bits per heavy atom. The first-order valence-corrected chi connectivity index (χ1v) is 25.5. The van der Waals surface area contributed by atoms with Crippen LogP contribution in [0.4, 0.5) is 0 Å². The Bertz CT molecular complexity index is 702. The molecule has 0 fully saturated rings. The molecule has 1 atom stereocenters. The second kappa shape index (κ2) is 42.5. The van der Waals surface area contributed by atoms with Gasteiger partial charge in [-0.2, -0.15) is 0 Å². The lowest BCUT2D eigenvalue weighted by Crippen LogP contribution is -2.39. The van der Waals surface area contributed by atoms with Gasteiger partial charge >= 0.3 is 0 Å². The van der Waals surface area contributed by atoms with Gasteiger partial charge in [0.2, 0.25) is 0 Å². The number of nitrogens with zero attached hydrogens (tertiary/aromatic N) is 2. The maximum absolute atomic E-state index is 2.74. The highest BCUT2D eigenvalue weighted by Crippen LogP contribution is 2.24. The Labute approximate surface area is 337 Å². The van der Waals surface area contributed by atoms with E-state index in [-0.39, 0.29) is 0 Å². The van der Waals surface area contributed by atoms with Crippen molar-refractivity contribution in [3.05, 3.63) is 12.4 Å². The van der Waals surface area contributed by atoms with Gasteiger partial charge in [0, 0.05) is 25.5 Å². The van der Waals surface area contributed by atoms with E-state index in [0.717, 1.165) is 0 Å². The van der Waals surface area contributed by atoms with E-state index in [4.69, 9.17) is 0 Å². The fourth-order valence-corrected chi connectivity index (χ4v) is 8.84. The second-order valence-electron chi connectivity index (χ2n) is 17.8. The summed E-state index contributed by atoms with van der Waals surface area (Å²) in [6.07, 6.45) is 67.9. The monoisotopic (exact) mass is 743 g/mol. The van der Waals surface area contributed by atoms with Crippen LogP contribution in [0, 0.1) is 0 Å². The number of unbranched alkanes of at least 4 members (excludes halogenated alkanes) is 39. The van der Waals surface area contributed by atoms with Crippen LogP contribution in [-0.2, 0) is 0 Å². The number of rotatable bonds is 45. The molecule has 1 heterocycles. The first-order valence-electron chi connectivity index (χ1n) is 25.5. The van der Waals surface area contributed by atoms with E-state index >= 15 is 0 Å². The largest absolute Gasteiger partial charge is 0.356 e. The summed E-state index contributed by atoms with van der Waals surface area (Å²) in [6, 6.07) is 0. The van der Waals surface area contributed by atoms with Gasteiger partial charge in [0.1, 0.15) is 6.17 Å². The molecule has 0 aromatic heterocycles. The third-order valence-electron chi connectivity index (χ3n) is 12.6. The van der Waals surface area contributed by atoms with Crippen molar-refractivity contribution in [3.63, 3.8) is 0 Å². The van der Waals surface area contributed by atoms with Crippen LogP contribution in [0.3, 0.4) is 0 Å². The van der Waals surface area contributed by atoms with Crippen molar-refractivity contribution in [2.75, 3.05) is 13.1 Å². The fourth-order valence-electron chi connectivity index (χ4n) is 8.84. The molecule has 0 amide bonds. The first-order chi connectivity index (χ1) is 26.3. The Balaban J connectivity index is 2.19.